The molecule has 0 atom stereocenters. The molecular formula is C16H17Cl2FNO2-. The van der Waals surface area contributed by atoms with Crippen molar-refractivity contribution in [2.75, 3.05) is 13.2 Å². The van der Waals surface area contributed by atoms with E-state index in [0.717, 1.165) is 5.56 Å². The molecular weight excluding hydrogens is 328 g/mol. The van der Waals surface area contributed by atoms with Crippen LogP contribution in [-0.2, 0) is 13.2 Å². The Balaban J connectivity index is 0.00000242. The second-order valence-corrected chi connectivity index (χ2v) is 4.97. The van der Waals surface area contributed by atoms with Crippen LogP contribution in [0.1, 0.15) is 11.1 Å². The summed E-state index contributed by atoms with van der Waals surface area (Å²) in [5.41, 5.74) is 1.37. The van der Waals surface area contributed by atoms with E-state index in [1.165, 1.54) is 6.07 Å². The third kappa shape index (κ3) is 5.46. The standard InChI is InChI=1S/C16H17ClFNO2.ClH/c17-14-5-6-16(13(9-14)10-19-7-8-20)21-11-12-3-1-2-4-15(12)18;/h1-6,9,19-20H,7-8,10-11H2;1H/p-1. The maximum Gasteiger partial charge on any atom is 0.129 e. The molecule has 120 valence electrons. The van der Waals surface area contributed by atoms with Gasteiger partial charge in [-0.1, -0.05) is 29.8 Å². The van der Waals surface area contributed by atoms with Gasteiger partial charge in [-0.2, -0.15) is 0 Å². The van der Waals surface area contributed by atoms with Crippen LogP contribution in [-0.4, -0.2) is 18.3 Å². The zero-order chi connectivity index (χ0) is 15.1. The van der Waals surface area contributed by atoms with E-state index in [-0.39, 0.29) is 31.4 Å². The van der Waals surface area contributed by atoms with Crippen LogP contribution in [0.15, 0.2) is 42.5 Å². The smallest absolute Gasteiger partial charge is 0.129 e. The Morgan fingerprint density at radius 3 is 2.64 bits per heavy atom. The first-order valence-electron chi connectivity index (χ1n) is 6.67. The molecule has 6 heteroatoms. The summed E-state index contributed by atoms with van der Waals surface area (Å²) in [5, 5.41) is 12.5. The van der Waals surface area contributed by atoms with Gasteiger partial charge in [0, 0.05) is 29.2 Å². The zero-order valence-electron chi connectivity index (χ0n) is 11.9. The molecule has 3 nitrogen and oxygen atoms in total. The van der Waals surface area contributed by atoms with Crippen molar-refractivity contribution in [3.63, 3.8) is 0 Å². The van der Waals surface area contributed by atoms with Crippen molar-refractivity contribution in [1.29, 1.82) is 0 Å². The Hall–Kier alpha value is -1.33. The number of halogens is 3. The molecule has 0 aromatic heterocycles. The molecule has 0 unspecified atom stereocenters. The van der Waals surface area contributed by atoms with Gasteiger partial charge in [0.2, 0.25) is 0 Å². The van der Waals surface area contributed by atoms with Gasteiger partial charge in [-0.25, -0.2) is 4.39 Å². The van der Waals surface area contributed by atoms with Gasteiger partial charge in [-0.05, 0) is 24.3 Å². The molecule has 0 aliphatic carbocycles. The number of benzene rings is 2. The van der Waals surface area contributed by atoms with Crippen LogP contribution in [0.5, 0.6) is 5.75 Å². The van der Waals surface area contributed by atoms with Crippen molar-refractivity contribution in [3.8, 4) is 5.75 Å². The van der Waals surface area contributed by atoms with Crippen LogP contribution in [0.3, 0.4) is 0 Å². The molecule has 0 heterocycles. The van der Waals surface area contributed by atoms with E-state index in [1.54, 1.807) is 36.4 Å². The van der Waals surface area contributed by atoms with Gasteiger partial charge in [0.15, 0.2) is 0 Å². The van der Waals surface area contributed by atoms with Crippen molar-refractivity contribution in [1.82, 2.24) is 5.32 Å². The molecule has 2 N–H and O–H groups in total. The molecule has 0 aliphatic heterocycles. The maximum atomic E-state index is 13.6. The van der Waals surface area contributed by atoms with Crippen LogP contribution in [0.4, 0.5) is 4.39 Å². The first-order chi connectivity index (χ1) is 10.2. The predicted octanol–water partition coefficient (Wildman–Crippen LogP) is 0.144. The molecule has 0 saturated carbocycles. The van der Waals surface area contributed by atoms with Gasteiger partial charge in [-0.15, -0.1) is 0 Å². The monoisotopic (exact) mass is 344 g/mol. The highest BCUT2D eigenvalue weighted by Crippen LogP contribution is 2.24. The predicted molar refractivity (Wildman–Crippen MR) is 81.0 cm³/mol. The van der Waals surface area contributed by atoms with Gasteiger partial charge in [0.25, 0.3) is 0 Å². The van der Waals surface area contributed by atoms with Gasteiger partial charge in [0.1, 0.15) is 18.2 Å². The van der Waals surface area contributed by atoms with E-state index in [4.69, 9.17) is 21.4 Å². The van der Waals surface area contributed by atoms with Gasteiger partial charge < -0.3 is 27.6 Å². The fraction of sp³-hybridized carbons (Fsp3) is 0.250. The lowest BCUT2D eigenvalue weighted by Gasteiger charge is -2.13. The SMILES string of the molecule is OCCNCc1cc(Cl)ccc1OCc1ccccc1F.[Cl-]. The summed E-state index contributed by atoms with van der Waals surface area (Å²) in [6.07, 6.45) is 0. The summed E-state index contributed by atoms with van der Waals surface area (Å²) in [6, 6.07) is 11.8. The number of aliphatic hydroxyl groups excluding tert-OH is 1. The number of rotatable bonds is 7. The first-order valence-corrected chi connectivity index (χ1v) is 7.04. The Morgan fingerprint density at radius 1 is 1.14 bits per heavy atom. The fourth-order valence-corrected chi connectivity index (χ4v) is 2.09. The molecule has 2 aromatic carbocycles. The van der Waals surface area contributed by atoms with E-state index < -0.39 is 0 Å². The van der Waals surface area contributed by atoms with Crippen molar-refractivity contribution >= 4 is 11.6 Å². The van der Waals surface area contributed by atoms with E-state index in [9.17, 15) is 4.39 Å². The molecule has 0 fully saturated rings. The normalized spacial score (nSPS) is 10.1. The molecule has 2 aromatic rings. The lowest BCUT2D eigenvalue weighted by molar-refractivity contribution is -0.00000620. The molecule has 2 rings (SSSR count). The molecule has 22 heavy (non-hydrogen) atoms. The topological polar surface area (TPSA) is 41.5 Å². The summed E-state index contributed by atoms with van der Waals surface area (Å²) in [5.74, 6) is 0.361. The van der Waals surface area contributed by atoms with Gasteiger partial charge in [-0.3, -0.25) is 0 Å². The molecule has 0 spiro atoms. The second kappa shape index (κ2) is 9.64. The Labute approximate surface area is 140 Å². The third-order valence-corrected chi connectivity index (χ3v) is 3.20. The van der Waals surface area contributed by atoms with Crippen molar-refractivity contribution < 1.29 is 26.6 Å². The number of ether oxygens (including phenoxy) is 1. The van der Waals surface area contributed by atoms with Crippen LogP contribution >= 0.6 is 11.6 Å². The summed E-state index contributed by atoms with van der Waals surface area (Å²) >= 11 is 5.98. The third-order valence-electron chi connectivity index (χ3n) is 2.97. The van der Waals surface area contributed by atoms with E-state index in [2.05, 4.69) is 5.32 Å². The average molecular weight is 345 g/mol. The summed E-state index contributed by atoms with van der Waals surface area (Å²) in [4.78, 5) is 0. The minimum Gasteiger partial charge on any atom is -1.00 e. The molecule has 0 radical (unpaired) electrons. The first kappa shape index (κ1) is 18.7. The van der Waals surface area contributed by atoms with Gasteiger partial charge in [0.05, 0.1) is 6.61 Å². The lowest BCUT2D eigenvalue weighted by Crippen LogP contribution is -3.00. The molecule has 0 aliphatic rings. The highest BCUT2D eigenvalue weighted by atomic mass is 35.5. The van der Waals surface area contributed by atoms with Crippen LogP contribution < -0.4 is 22.5 Å². The molecule has 0 bridgehead atoms. The number of nitrogens with one attached hydrogen (secondary N) is 1. The van der Waals surface area contributed by atoms with Gasteiger partial charge >= 0.3 is 0 Å². The van der Waals surface area contributed by atoms with Crippen LogP contribution in [0, 0.1) is 5.82 Å². The fourth-order valence-electron chi connectivity index (χ4n) is 1.90. The Morgan fingerprint density at radius 2 is 1.91 bits per heavy atom. The Kier molecular flexibility index (Phi) is 8.20. The zero-order valence-corrected chi connectivity index (χ0v) is 13.4. The number of aliphatic hydroxyl groups is 1. The molecule has 0 saturated heterocycles. The lowest BCUT2D eigenvalue weighted by atomic mass is 10.2. The Bertz CT molecular complexity index is 596. The second-order valence-electron chi connectivity index (χ2n) is 4.53. The van der Waals surface area contributed by atoms with E-state index in [0.29, 0.717) is 29.4 Å². The summed E-state index contributed by atoms with van der Waals surface area (Å²) in [7, 11) is 0. The minimum atomic E-state index is -0.286. The van der Waals surface area contributed by atoms with Crippen molar-refractivity contribution in [3.05, 3.63) is 64.4 Å². The van der Waals surface area contributed by atoms with Crippen molar-refractivity contribution in [2.45, 2.75) is 13.2 Å². The number of hydrogen-bond acceptors (Lipinski definition) is 3. The largest absolute Gasteiger partial charge is 1.00 e. The quantitative estimate of drug-likeness (QED) is 0.702. The number of hydrogen-bond donors (Lipinski definition) is 2. The minimum absolute atomic E-state index is 0. The van der Waals surface area contributed by atoms with Crippen molar-refractivity contribution in [2.24, 2.45) is 0 Å². The average Bonchev–Trinajstić information content (AvgIpc) is 2.48. The maximum absolute atomic E-state index is 13.6. The highest BCUT2D eigenvalue weighted by molar-refractivity contribution is 6.30. The van der Waals surface area contributed by atoms with E-state index in [1.807, 2.05) is 0 Å². The summed E-state index contributed by atoms with van der Waals surface area (Å²) in [6.45, 7) is 1.22. The van der Waals surface area contributed by atoms with Crippen LogP contribution in [0.25, 0.3) is 0 Å². The summed E-state index contributed by atoms with van der Waals surface area (Å²) < 4.78 is 19.3. The van der Waals surface area contributed by atoms with E-state index >= 15 is 0 Å². The van der Waals surface area contributed by atoms with Crippen LogP contribution in [0.2, 0.25) is 5.02 Å². The highest BCUT2D eigenvalue weighted by Gasteiger charge is 2.07. The molecule has 0 amide bonds.